The summed E-state index contributed by atoms with van der Waals surface area (Å²) in [5.74, 6) is 0.511. The monoisotopic (exact) mass is 298 g/mol. The molecule has 0 saturated heterocycles. The second-order valence-electron chi connectivity index (χ2n) is 3.78. The molecule has 0 unspecified atom stereocenters. The lowest BCUT2D eigenvalue weighted by atomic mass is 10.2. The van der Waals surface area contributed by atoms with Crippen LogP contribution in [0, 0.1) is 19.7 Å². The Labute approximate surface area is 107 Å². The van der Waals surface area contributed by atoms with Crippen LogP contribution in [0.25, 0.3) is 0 Å². The van der Waals surface area contributed by atoms with E-state index in [1.54, 1.807) is 6.07 Å². The summed E-state index contributed by atoms with van der Waals surface area (Å²) >= 11 is 3.36. The highest BCUT2D eigenvalue weighted by Gasteiger charge is 2.09. The first-order valence-electron chi connectivity index (χ1n) is 5.18. The molecule has 1 aromatic heterocycles. The first kappa shape index (κ1) is 12.1. The Morgan fingerprint density at radius 3 is 2.82 bits per heavy atom. The molecular weight excluding hydrogens is 287 g/mol. The second kappa shape index (κ2) is 4.87. The number of aromatic nitrogens is 1. The molecule has 90 valence electrons. The zero-order valence-corrected chi connectivity index (χ0v) is 11.1. The number of benzene rings is 1. The highest BCUT2D eigenvalue weighted by atomic mass is 79.9. The van der Waals surface area contributed by atoms with Gasteiger partial charge in [-0.25, -0.2) is 4.39 Å². The molecule has 0 spiro atoms. The van der Waals surface area contributed by atoms with Gasteiger partial charge in [0.1, 0.15) is 11.6 Å². The summed E-state index contributed by atoms with van der Waals surface area (Å²) < 4.78 is 19.0. The highest BCUT2D eigenvalue weighted by molar-refractivity contribution is 9.10. The minimum absolute atomic E-state index is 0.269. The van der Waals surface area contributed by atoms with E-state index < -0.39 is 0 Å². The van der Waals surface area contributed by atoms with E-state index >= 15 is 0 Å². The van der Waals surface area contributed by atoms with Crippen LogP contribution < -0.4 is 5.32 Å². The van der Waals surface area contributed by atoms with E-state index in [2.05, 4.69) is 26.4 Å². The summed E-state index contributed by atoms with van der Waals surface area (Å²) in [6.07, 6.45) is 0. The van der Waals surface area contributed by atoms with Gasteiger partial charge in [0.05, 0.1) is 11.4 Å². The first-order valence-corrected chi connectivity index (χ1v) is 5.98. The van der Waals surface area contributed by atoms with Crippen molar-refractivity contribution < 1.29 is 8.91 Å². The number of nitrogens with zero attached hydrogens (tertiary/aromatic N) is 1. The summed E-state index contributed by atoms with van der Waals surface area (Å²) in [4.78, 5) is 0. The lowest BCUT2D eigenvalue weighted by Gasteiger charge is -2.08. The fourth-order valence-corrected chi connectivity index (χ4v) is 1.96. The number of rotatable bonds is 3. The first-order chi connectivity index (χ1) is 8.08. The summed E-state index contributed by atoms with van der Waals surface area (Å²) in [5.41, 5.74) is 2.56. The van der Waals surface area contributed by atoms with Crippen LogP contribution in [0.2, 0.25) is 0 Å². The van der Waals surface area contributed by atoms with Crippen LogP contribution in [0.15, 0.2) is 27.2 Å². The predicted molar refractivity (Wildman–Crippen MR) is 67.4 cm³/mol. The van der Waals surface area contributed by atoms with Crippen molar-refractivity contribution in [3.05, 3.63) is 45.5 Å². The zero-order chi connectivity index (χ0) is 12.4. The Morgan fingerprint density at radius 1 is 1.41 bits per heavy atom. The van der Waals surface area contributed by atoms with Gasteiger partial charge in [0, 0.05) is 16.6 Å². The van der Waals surface area contributed by atoms with Gasteiger partial charge in [-0.3, -0.25) is 0 Å². The van der Waals surface area contributed by atoms with Crippen LogP contribution in [-0.4, -0.2) is 5.16 Å². The van der Waals surface area contributed by atoms with E-state index in [0.29, 0.717) is 12.2 Å². The fraction of sp³-hybridized carbons (Fsp3) is 0.250. The molecule has 2 aromatic rings. The Kier molecular flexibility index (Phi) is 3.47. The predicted octanol–water partition coefficient (Wildman–Crippen LogP) is 3.81. The van der Waals surface area contributed by atoms with E-state index in [0.717, 1.165) is 21.5 Å². The molecule has 3 nitrogen and oxygen atoms in total. The third-order valence-corrected chi connectivity index (χ3v) is 3.26. The van der Waals surface area contributed by atoms with Gasteiger partial charge in [-0.2, -0.15) is 0 Å². The molecule has 0 aliphatic carbocycles. The Balaban J connectivity index is 2.15. The van der Waals surface area contributed by atoms with E-state index in [-0.39, 0.29) is 5.82 Å². The van der Waals surface area contributed by atoms with Crippen molar-refractivity contribution in [2.24, 2.45) is 0 Å². The van der Waals surface area contributed by atoms with Crippen LogP contribution in [0.5, 0.6) is 0 Å². The lowest BCUT2D eigenvalue weighted by molar-refractivity contribution is 0.392. The van der Waals surface area contributed by atoms with Gasteiger partial charge in [-0.05, 0) is 48.0 Å². The second-order valence-corrected chi connectivity index (χ2v) is 4.63. The van der Waals surface area contributed by atoms with Gasteiger partial charge < -0.3 is 9.84 Å². The van der Waals surface area contributed by atoms with Gasteiger partial charge in [0.25, 0.3) is 0 Å². The molecule has 0 aliphatic heterocycles. The summed E-state index contributed by atoms with van der Waals surface area (Å²) in [7, 11) is 0. The number of halogens is 2. The average molecular weight is 299 g/mol. The molecule has 5 heteroatoms. The summed E-state index contributed by atoms with van der Waals surface area (Å²) in [6.45, 7) is 4.30. The van der Waals surface area contributed by atoms with Gasteiger partial charge in [0.15, 0.2) is 0 Å². The van der Waals surface area contributed by atoms with Crippen LogP contribution in [0.4, 0.5) is 10.1 Å². The number of nitrogens with one attached hydrogen (secondary N) is 1. The molecule has 0 radical (unpaired) electrons. The van der Waals surface area contributed by atoms with Crippen LogP contribution in [-0.2, 0) is 6.54 Å². The normalized spacial score (nSPS) is 10.6. The SMILES string of the molecule is Cc1noc(C)c1CNc1cc(F)ccc1Br. The molecule has 1 N–H and O–H groups in total. The standard InChI is InChI=1S/C12H12BrFN2O/c1-7-10(8(2)17-16-7)6-15-12-5-9(14)3-4-11(12)13/h3-5,15H,6H2,1-2H3. The van der Waals surface area contributed by atoms with E-state index in [9.17, 15) is 4.39 Å². The van der Waals surface area contributed by atoms with Gasteiger partial charge >= 0.3 is 0 Å². The molecule has 0 fully saturated rings. The number of hydrogen-bond acceptors (Lipinski definition) is 3. The molecule has 0 amide bonds. The number of aryl methyl sites for hydroxylation is 2. The molecule has 1 heterocycles. The molecular formula is C12H12BrFN2O. The minimum atomic E-state index is -0.269. The summed E-state index contributed by atoms with van der Waals surface area (Å²) in [6, 6.07) is 4.53. The van der Waals surface area contributed by atoms with Crippen molar-refractivity contribution in [1.82, 2.24) is 5.16 Å². The third kappa shape index (κ3) is 2.66. The molecule has 1 aromatic carbocycles. The zero-order valence-electron chi connectivity index (χ0n) is 9.55. The van der Waals surface area contributed by atoms with Gasteiger partial charge in [-0.15, -0.1) is 0 Å². The average Bonchev–Trinajstić information content (AvgIpc) is 2.61. The van der Waals surface area contributed by atoms with Gasteiger partial charge in [0.2, 0.25) is 0 Å². The molecule has 17 heavy (non-hydrogen) atoms. The number of hydrogen-bond donors (Lipinski definition) is 1. The van der Waals surface area contributed by atoms with Crippen LogP contribution in [0.1, 0.15) is 17.0 Å². The maximum Gasteiger partial charge on any atom is 0.138 e. The Hall–Kier alpha value is -1.36. The third-order valence-electron chi connectivity index (χ3n) is 2.57. The topological polar surface area (TPSA) is 38.1 Å². The van der Waals surface area contributed by atoms with Crippen molar-refractivity contribution >= 4 is 21.6 Å². The molecule has 0 atom stereocenters. The fourth-order valence-electron chi connectivity index (χ4n) is 1.57. The maximum absolute atomic E-state index is 13.1. The molecule has 0 bridgehead atoms. The smallest absolute Gasteiger partial charge is 0.138 e. The van der Waals surface area contributed by atoms with E-state index in [4.69, 9.17) is 4.52 Å². The highest BCUT2D eigenvalue weighted by Crippen LogP contribution is 2.24. The van der Waals surface area contributed by atoms with Crippen molar-refractivity contribution in [2.45, 2.75) is 20.4 Å². The van der Waals surface area contributed by atoms with Crippen LogP contribution >= 0.6 is 15.9 Å². The number of anilines is 1. The molecule has 0 saturated carbocycles. The van der Waals surface area contributed by atoms with Crippen LogP contribution in [0.3, 0.4) is 0 Å². The van der Waals surface area contributed by atoms with Crippen molar-refractivity contribution in [3.63, 3.8) is 0 Å². The van der Waals surface area contributed by atoms with Crippen molar-refractivity contribution in [3.8, 4) is 0 Å². The largest absolute Gasteiger partial charge is 0.380 e. The lowest BCUT2D eigenvalue weighted by Crippen LogP contribution is -2.02. The molecule has 0 aliphatic rings. The van der Waals surface area contributed by atoms with E-state index in [1.807, 2.05) is 13.8 Å². The van der Waals surface area contributed by atoms with Crippen molar-refractivity contribution in [2.75, 3.05) is 5.32 Å². The Morgan fingerprint density at radius 2 is 2.18 bits per heavy atom. The maximum atomic E-state index is 13.1. The van der Waals surface area contributed by atoms with E-state index in [1.165, 1.54) is 12.1 Å². The Bertz CT molecular complexity index is 520. The molecule has 2 rings (SSSR count). The minimum Gasteiger partial charge on any atom is -0.380 e. The van der Waals surface area contributed by atoms with Gasteiger partial charge in [-0.1, -0.05) is 5.16 Å². The van der Waals surface area contributed by atoms with Crippen molar-refractivity contribution in [1.29, 1.82) is 0 Å². The quantitative estimate of drug-likeness (QED) is 0.936. The summed E-state index contributed by atoms with van der Waals surface area (Å²) in [5, 5.41) is 7.02.